The van der Waals surface area contributed by atoms with E-state index in [4.69, 9.17) is 11.6 Å². The molecule has 1 aromatic carbocycles. The van der Waals surface area contributed by atoms with Gasteiger partial charge in [0, 0.05) is 29.8 Å². The van der Waals surface area contributed by atoms with Gasteiger partial charge in [-0.15, -0.1) is 0 Å². The van der Waals surface area contributed by atoms with E-state index in [1.807, 2.05) is 20.8 Å². The molecule has 1 rings (SSSR count). The largest absolute Gasteiger partial charge is 0.405 e. The standard InChI is InChI=1S/C15H22ClF3N2/c1-4-7-21(10-15(17,18)19)14-6-5-13(16)8-12(14)9-20-11(2)3/h5-6,8,11,20H,4,7,9-10H2,1-3H3. The van der Waals surface area contributed by atoms with Crippen molar-refractivity contribution < 1.29 is 13.2 Å². The lowest BCUT2D eigenvalue weighted by Crippen LogP contribution is -2.36. The Hall–Kier alpha value is -0.940. The first-order valence-electron chi connectivity index (χ1n) is 7.06. The Kier molecular flexibility index (Phi) is 6.81. The highest BCUT2D eigenvalue weighted by molar-refractivity contribution is 6.30. The quantitative estimate of drug-likeness (QED) is 0.788. The van der Waals surface area contributed by atoms with Crippen molar-refractivity contribution in [2.75, 3.05) is 18.0 Å². The Labute approximate surface area is 129 Å². The monoisotopic (exact) mass is 322 g/mol. The second-order valence-corrected chi connectivity index (χ2v) is 5.78. The maximum Gasteiger partial charge on any atom is 0.405 e. The molecule has 0 heterocycles. The van der Waals surface area contributed by atoms with Crippen molar-refractivity contribution in [3.8, 4) is 0 Å². The number of nitrogens with zero attached hydrogens (tertiary/aromatic N) is 1. The first-order chi connectivity index (χ1) is 9.73. The molecule has 21 heavy (non-hydrogen) atoms. The van der Waals surface area contributed by atoms with Gasteiger partial charge in [-0.05, 0) is 30.2 Å². The zero-order chi connectivity index (χ0) is 16.0. The highest BCUT2D eigenvalue weighted by Crippen LogP contribution is 2.28. The lowest BCUT2D eigenvalue weighted by Gasteiger charge is -2.28. The average Bonchev–Trinajstić information content (AvgIpc) is 2.34. The van der Waals surface area contributed by atoms with Gasteiger partial charge >= 0.3 is 6.18 Å². The third-order valence-corrected chi connectivity index (χ3v) is 3.18. The molecule has 0 aliphatic rings. The van der Waals surface area contributed by atoms with Crippen LogP contribution in [0, 0.1) is 0 Å². The predicted molar refractivity (Wildman–Crippen MR) is 82.0 cm³/mol. The lowest BCUT2D eigenvalue weighted by atomic mass is 10.1. The molecule has 0 unspecified atom stereocenters. The van der Waals surface area contributed by atoms with Crippen LogP contribution in [0.3, 0.4) is 0 Å². The molecule has 0 saturated heterocycles. The SMILES string of the molecule is CCCN(CC(F)(F)F)c1ccc(Cl)cc1CNC(C)C. The summed E-state index contributed by atoms with van der Waals surface area (Å²) >= 11 is 5.98. The Morgan fingerprint density at radius 2 is 1.95 bits per heavy atom. The summed E-state index contributed by atoms with van der Waals surface area (Å²) in [7, 11) is 0. The van der Waals surface area contributed by atoms with Crippen molar-refractivity contribution in [3.05, 3.63) is 28.8 Å². The predicted octanol–water partition coefficient (Wildman–Crippen LogP) is 4.62. The van der Waals surface area contributed by atoms with E-state index in [0.717, 1.165) is 5.56 Å². The van der Waals surface area contributed by atoms with Gasteiger partial charge < -0.3 is 10.2 Å². The fourth-order valence-electron chi connectivity index (χ4n) is 2.09. The van der Waals surface area contributed by atoms with E-state index >= 15 is 0 Å². The van der Waals surface area contributed by atoms with Crippen molar-refractivity contribution in [1.82, 2.24) is 5.32 Å². The van der Waals surface area contributed by atoms with Crippen LogP contribution in [0.15, 0.2) is 18.2 Å². The number of hydrogen-bond acceptors (Lipinski definition) is 2. The molecule has 0 aromatic heterocycles. The summed E-state index contributed by atoms with van der Waals surface area (Å²) in [4.78, 5) is 1.37. The van der Waals surface area contributed by atoms with E-state index in [2.05, 4.69) is 5.32 Å². The van der Waals surface area contributed by atoms with Crippen molar-refractivity contribution in [2.24, 2.45) is 0 Å². The van der Waals surface area contributed by atoms with Crippen molar-refractivity contribution in [1.29, 1.82) is 0 Å². The van der Waals surface area contributed by atoms with E-state index in [1.54, 1.807) is 18.2 Å². The van der Waals surface area contributed by atoms with Gasteiger partial charge in [-0.3, -0.25) is 0 Å². The van der Waals surface area contributed by atoms with Gasteiger partial charge in [0.05, 0.1) is 0 Å². The van der Waals surface area contributed by atoms with E-state index in [0.29, 0.717) is 30.2 Å². The normalized spacial score (nSPS) is 12.0. The molecule has 0 bridgehead atoms. The van der Waals surface area contributed by atoms with Crippen LogP contribution in [-0.4, -0.2) is 25.3 Å². The van der Waals surface area contributed by atoms with Crippen LogP contribution in [0.1, 0.15) is 32.8 Å². The summed E-state index contributed by atoms with van der Waals surface area (Å²) < 4.78 is 38.3. The van der Waals surface area contributed by atoms with Crippen molar-refractivity contribution >= 4 is 17.3 Å². The number of anilines is 1. The summed E-state index contributed by atoms with van der Waals surface area (Å²) in [5, 5.41) is 3.75. The fraction of sp³-hybridized carbons (Fsp3) is 0.600. The van der Waals surface area contributed by atoms with Gasteiger partial charge in [0.1, 0.15) is 6.54 Å². The van der Waals surface area contributed by atoms with Crippen molar-refractivity contribution in [2.45, 2.75) is 46.0 Å². The third kappa shape index (κ3) is 6.57. The van der Waals surface area contributed by atoms with Crippen LogP contribution >= 0.6 is 11.6 Å². The molecular weight excluding hydrogens is 301 g/mol. The first kappa shape index (κ1) is 18.1. The minimum absolute atomic E-state index is 0.249. The second-order valence-electron chi connectivity index (χ2n) is 5.35. The molecular formula is C15H22ClF3N2. The maximum absolute atomic E-state index is 12.8. The van der Waals surface area contributed by atoms with Crippen molar-refractivity contribution in [3.63, 3.8) is 0 Å². The molecule has 0 aliphatic carbocycles. The molecule has 0 atom stereocenters. The number of benzene rings is 1. The van der Waals surface area contributed by atoms with Crippen LogP contribution < -0.4 is 10.2 Å². The number of alkyl halides is 3. The van der Waals surface area contributed by atoms with Crippen LogP contribution in [0.5, 0.6) is 0 Å². The van der Waals surface area contributed by atoms with Gasteiger partial charge in [0.15, 0.2) is 0 Å². The van der Waals surface area contributed by atoms with E-state index in [-0.39, 0.29) is 6.04 Å². The second kappa shape index (κ2) is 7.90. The zero-order valence-corrected chi connectivity index (χ0v) is 13.4. The van der Waals surface area contributed by atoms with Gasteiger partial charge in [-0.1, -0.05) is 32.4 Å². The van der Waals surface area contributed by atoms with Crippen LogP contribution in [0.2, 0.25) is 5.02 Å². The summed E-state index contributed by atoms with van der Waals surface area (Å²) in [6, 6.07) is 5.28. The van der Waals surface area contributed by atoms with Gasteiger partial charge in [0.2, 0.25) is 0 Å². The van der Waals surface area contributed by atoms with Gasteiger partial charge in [-0.2, -0.15) is 13.2 Å². The minimum atomic E-state index is -4.22. The highest BCUT2D eigenvalue weighted by atomic mass is 35.5. The molecule has 120 valence electrons. The number of rotatable bonds is 7. The summed E-state index contributed by atoms with van der Waals surface area (Å²) in [5.74, 6) is 0. The van der Waals surface area contributed by atoms with E-state index < -0.39 is 12.7 Å². The maximum atomic E-state index is 12.8. The molecule has 0 spiro atoms. The summed E-state index contributed by atoms with van der Waals surface area (Å²) in [5.41, 5.74) is 1.38. The number of hydrogen-bond donors (Lipinski definition) is 1. The Bertz CT molecular complexity index is 447. The molecule has 2 nitrogen and oxygen atoms in total. The van der Waals surface area contributed by atoms with Gasteiger partial charge in [0.25, 0.3) is 0 Å². The molecule has 0 amide bonds. The third-order valence-electron chi connectivity index (χ3n) is 2.95. The molecule has 1 aromatic rings. The average molecular weight is 323 g/mol. The minimum Gasteiger partial charge on any atom is -0.362 e. The van der Waals surface area contributed by atoms with Crippen LogP contribution in [-0.2, 0) is 6.54 Å². The van der Waals surface area contributed by atoms with E-state index in [9.17, 15) is 13.2 Å². The molecule has 1 N–H and O–H groups in total. The Balaban J connectivity index is 3.05. The first-order valence-corrected chi connectivity index (χ1v) is 7.44. The Morgan fingerprint density at radius 3 is 2.48 bits per heavy atom. The number of nitrogens with one attached hydrogen (secondary N) is 1. The fourth-order valence-corrected chi connectivity index (χ4v) is 2.28. The number of halogens is 4. The lowest BCUT2D eigenvalue weighted by molar-refractivity contribution is -0.119. The molecule has 0 radical (unpaired) electrons. The molecule has 0 aliphatic heterocycles. The molecule has 0 saturated carbocycles. The van der Waals surface area contributed by atoms with Crippen LogP contribution in [0.25, 0.3) is 0 Å². The highest BCUT2D eigenvalue weighted by Gasteiger charge is 2.31. The molecule has 6 heteroatoms. The van der Waals surface area contributed by atoms with E-state index in [1.165, 1.54) is 4.90 Å². The summed E-state index contributed by atoms with van der Waals surface area (Å²) in [6.07, 6.45) is -3.58. The van der Waals surface area contributed by atoms with Gasteiger partial charge in [-0.25, -0.2) is 0 Å². The topological polar surface area (TPSA) is 15.3 Å². The Morgan fingerprint density at radius 1 is 1.29 bits per heavy atom. The smallest absolute Gasteiger partial charge is 0.362 e. The molecule has 0 fully saturated rings. The summed E-state index contributed by atoms with van der Waals surface area (Å²) in [6.45, 7) is 5.75. The zero-order valence-electron chi connectivity index (χ0n) is 12.6. The van der Waals surface area contributed by atoms with Crippen LogP contribution in [0.4, 0.5) is 18.9 Å².